The largest absolute Gasteiger partial charge is 0.493 e. The zero-order valence-electron chi connectivity index (χ0n) is 17.4. The highest BCUT2D eigenvalue weighted by Gasteiger charge is 2.31. The molecule has 2 aromatic rings. The summed E-state index contributed by atoms with van der Waals surface area (Å²) < 4.78 is 10.9. The number of likely N-dealkylation sites (N-methyl/N-ethyl adjacent to an activating group) is 1. The van der Waals surface area contributed by atoms with E-state index in [0.29, 0.717) is 16.4 Å². The van der Waals surface area contributed by atoms with Gasteiger partial charge in [-0.1, -0.05) is 6.07 Å². The minimum Gasteiger partial charge on any atom is -0.493 e. The summed E-state index contributed by atoms with van der Waals surface area (Å²) in [4.78, 5) is 40.7. The van der Waals surface area contributed by atoms with E-state index in [4.69, 9.17) is 14.6 Å². The SMILES string of the molecule is CCOc1c(/C=C2/SC(=Nc3cccc(C(=O)O)c3)N(C)C2=O)cc([N+](=O)[O-])cc1OC. The number of nitro groups is 1. The molecule has 11 heteroatoms. The molecular formula is C21H19N3O7S. The maximum Gasteiger partial charge on any atom is 0.335 e. The van der Waals surface area contributed by atoms with Crippen LogP contribution in [0.2, 0.25) is 0 Å². The Morgan fingerprint density at radius 1 is 1.34 bits per heavy atom. The van der Waals surface area contributed by atoms with Crippen LogP contribution in [-0.4, -0.2) is 52.7 Å². The summed E-state index contributed by atoms with van der Waals surface area (Å²) in [6, 6.07) is 8.59. The number of carboxylic acid groups (broad SMARTS) is 1. The van der Waals surface area contributed by atoms with Gasteiger partial charge in [0, 0.05) is 18.7 Å². The molecule has 0 aliphatic carbocycles. The van der Waals surface area contributed by atoms with Crippen molar-refractivity contribution in [3.05, 3.63) is 62.5 Å². The van der Waals surface area contributed by atoms with Gasteiger partial charge in [0.05, 0.1) is 40.9 Å². The maximum absolute atomic E-state index is 12.8. The van der Waals surface area contributed by atoms with Gasteiger partial charge in [-0.25, -0.2) is 9.79 Å². The third-order valence-corrected chi connectivity index (χ3v) is 5.46. The van der Waals surface area contributed by atoms with Crippen LogP contribution >= 0.6 is 11.8 Å². The van der Waals surface area contributed by atoms with Gasteiger partial charge in [-0.05, 0) is 43.0 Å². The first-order valence-electron chi connectivity index (χ1n) is 9.34. The minimum atomic E-state index is -1.08. The van der Waals surface area contributed by atoms with Crippen LogP contribution in [0.15, 0.2) is 46.3 Å². The van der Waals surface area contributed by atoms with Crippen LogP contribution in [-0.2, 0) is 4.79 Å². The second kappa shape index (κ2) is 9.52. The molecule has 1 aliphatic rings. The summed E-state index contributed by atoms with van der Waals surface area (Å²) in [6.07, 6.45) is 1.49. The minimum absolute atomic E-state index is 0.0737. The molecule has 0 radical (unpaired) electrons. The molecule has 0 bridgehead atoms. The first kappa shape index (κ1) is 22.8. The van der Waals surface area contributed by atoms with Gasteiger partial charge in [-0.3, -0.25) is 19.8 Å². The van der Waals surface area contributed by atoms with Crippen molar-refractivity contribution >= 4 is 46.3 Å². The number of carbonyl (C=O) groups excluding carboxylic acids is 1. The number of amidine groups is 1. The van der Waals surface area contributed by atoms with Crippen molar-refractivity contribution in [3.8, 4) is 11.5 Å². The molecule has 1 N–H and O–H groups in total. The lowest BCUT2D eigenvalue weighted by molar-refractivity contribution is -0.385. The number of carboxylic acids is 1. The third kappa shape index (κ3) is 4.72. The first-order valence-corrected chi connectivity index (χ1v) is 10.2. The van der Waals surface area contributed by atoms with Gasteiger partial charge in [0.2, 0.25) is 0 Å². The number of hydrogen-bond donors (Lipinski definition) is 1. The van der Waals surface area contributed by atoms with E-state index in [0.717, 1.165) is 11.8 Å². The van der Waals surface area contributed by atoms with Crippen LogP contribution in [0.5, 0.6) is 11.5 Å². The van der Waals surface area contributed by atoms with Gasteiger partial charge in [-0.15, -0.1) is 0 Å². The quantitative estimate of drug-likeness (QED) is 0.376. The van der Waals surface area contributed by atoms with Crippen molar-refractivity contribution in [1.29, 1.82) is 0 Å². The van der Waals surface area contributed by atoms with Crippen molar-refractivity contribution in [2.24, 2.45) is 4.99 Å². The number of non-ortho nitro benzene ring substituents is 1. The Balaban J connectivity index is 2.04. The summed E-state index contributed by atoms with van der Waals surface area (Å²) >= 11 is 1.06. The van der Waals surface area contributed by atoms with Crippen LogP contribution in [0.4, 0.5) is 11.4 Å². The molecule has 0 atom stereocenters. The molecule has 0 saturated carbocycles. The Labute approximate surface area is 187 Å². The molecule has 1 fully saturated rings. The van der Waals surface area contributed by atoms with E-state index in [1.165, 1.54) is 49.4 Å². The van der Waals surface area contributed by atoms with Crippen LogP contribution in [0.3, 0.4) is 0 Å². The van der Waals surface area contributed by atoms with Crippen molar-refractivity contribution in [3.63, 3.8) is 0 Å². The van der Waals surface area contributed by atoms with Crippen molar-refractivity contribution in [2.75, 3.05) is 20.8 Å². The number of nitro benzene ring substituents is 1. The van der Waals surface area contributed by atoms with Gasteiger partial charge in [0.1, 0.15) is 0 Å². The molecule has 1 heterocycles. The van der Waals surface area contributed by atoms with Gasteiger partial charge in [-0.2, -0.15) is 0 Å². The summed E-state index contributed by atoms with van der Waals surface area (Å²) in [7, 11) is 2.91. The normalized spacial score (nSPS) is 16.0. The predicted octanol–water partition coefficient (Wildman–Crippen LogP) is 3.93. The van der Waals surface area contributed by atoms with Crippen LogP contribution in [0.25, 0.3) is 6.08 Å². The summed E-state index contributed by atoms with van der Waals surface area (Å²) in [5.74, 6) is -0.991. The molecule has 1 amide bonds. The summed E-state index contributed by atoms with van der Waals surface area (Å²) in [5.41, 5.74) is 0.557. The number of benzene rings is 2. The van der Waals surface area contributed by atoms with E-state index in [1.807, 2.05) is 0 Å². The molecule has 32 heavy (non-hydrogen) atoms. The molecule has 0 spiro atoms. The standard InChI is InChI=1S/C21H19N3O7S/c1-4-31-18-13(9-15(24(28)29)11-16(18)30-3)10-17-19(25)23(2)21(32-17)22-14-7-5-6-12(8-14)20(26)27/h5-11H,4H2,1-3H3,(H,26,27)/b17-10+,22-21?. The molecule has 2 aromatic carbocycles. The van der Waals surface area contributed by atoms with E-state index < -0.39 is 10.9 Å². The first-order chi connectivity index (χ1) is 15.2. The molecule has 3 rings (SSSR count). The second-order valence-corrected chi connectivity index (χ2v) is 7.49. The molecule has 0 aromatic heterocycles. The van der Waals surface area contributed by atoms with Crippen LogP contribution < -0.4 is 9.47 Å². The fourth-order valence-corrected chi connectivity index (χ4v) is 3.86. The monoisotopic (exact) mass is 457 g/mol. The van der Waals surface area contributed by atoms with E-state index in [-0.39, 0.29) is 40.2 Å². The number of aromatic carboxylic acids is 1. The Bertz CT molecular complexity index is 1160. The Kier molecular flexibility index (Phi) is 6.79. The number of carbonyl (C=O) groups is 2. The average Bonchev–Trinajstić information content (AvgIpc) is 3.02. The van der Waals surface area contributed by atoms with E-state index in [1.54, 1.807) is 19.1 Å². The van der Waals surface area contributed by atoms with Gasteiger partial charge in [0.25, 0.3) is 11.6 Å². The number of thioether (sulfide) groups is 1. The zero-order valence-corrected chi connectivity index (χ0v) is 18.2. The molecule has 166 valence electrons. The van der Waals surface area contributed by atoms with E-state index in [2.05, 4.69) is 4.99 Å². The van der Waals surface area contributed by atoms with Gasteiger partial charge >= 0.3 is 5.97 Å². The van der Waals surface area contributed by atoms with Crippen molar-refractivity contribution in [1.82, 2.24) is 4.90 Å². The number of rotatable bonds is 7. The number of amides is 1. The van der Waals surface area contributed by atoms with Gasteiger partial charge < -0.3 is 14.6 Å². The van der Waals surface area contributed by atoms with Crippen LogP contribution in [0.1, 0.15) is 22.8 Å². The molecular weight excluding hydrogens is 438 g/mol. The highest BCUT2D eigenvalue weighted by atomic mass is 32.2. The lowest BCUT2D eigenvalue weighted by Gasteiger charge is -2.12. The zero-order chi connectivity index (χ0) is 23.4. The summed E-state index contributed by atoms with van der Waals surface area (Å²) in [5, 5.41) is 20.8. The number of aliphatic imine (C=N–C) groups is 1. The number of methoxy groups -OCH3 is 1. The molecule has 1 saturated heterocycles. The number of ether oxygens (including phenoxy) is 2. The maximum atomic E-state index is 12.8. The van der Waals surface area contributed by atoms with Crippen molar-refractivity contribution in [2.45, 2.75) is 6.92 Å². The number of nitrogens with zero attached hydrogens (tertiary/aromatic N) is 3. The predicted molar refractivity (Wildman–Crippen MR) is 120 cm³/mol. The Hall–Kier alpha value is -3.86. The highest BCUT2D eigenvalue weighted by Crippen LogP contribution is 2.40. The topological polar surface area (TPSA) is 132 Å². The second-order valence-electron chi connectivity index (χ2n) is 6.48. The van der Waals surface area contributed by atoms with Gasteiger partial charge in [0.15, 0.2) is 16.7 Å². The highest BCUT2D eigenvalue weighted by molar-refractivity contribution is 8.18. The summed E-state index contributed by atoms with van der Waals surface area (Å²) in [6.45, 7) is 2.05. The third-order valence-electron chi connectivity index (χ3n) is 4.40. The molecule has 1 aliphatic heterocycles. The van der Waals surface area contributed by atoms with Crippen molar-refractivity contribution < 1.29 is 29.1 Å². The number of hydrogen-bond acceptors (Lipinski definition) is 8. The Morgan fingerprint density at radius 2 is 2.09 bits per heavy atom. The van der Waals surface area contributed by atoms with E-state index >= 15 is 0 Å². The fourth-order valence-electron chi connectivity index (χ4n) is 2.88. The average molecular weight is 457 g/mol. The smallest absolute Gasteiger partial charge is 0.335 e. The fraction of sp³-hybridized carbons (Fsp3) is 0.190. The lowest BCUT2D eigenvalue weighted by Crippen LogP contribution is -2.23. The Morgan fingerprint density at radius 3 is 2.72 bits per heavy atom. The lowest BCUT2D eigenvalue weighted by atomic mass is 10.1. The molecule has 10 nitrogen and oxygen atoms in total. The van der Waals surface area contributed by atoms with E-state index in [9.17, 15) is 19.7 Å². The molecule has 0 unspecified atom stereocenters. The van der Waals surface area contributed by atoms with Crippen LogP contribution in [0, 0.1) is 10.1 Å².